The number of methoxy groups -OCH3 is 2. The number of phenolic OH excluding ortho intramolecular Hbond substituents is 1. The van der Waals surface area contributed by atoms with E-state index < -0.39 is 0 Å². The molecule has 2 aromatic carbocycles. The Kier molecular flexibility index (Phi) is 4.33. The van der Waals surface area contributed by atoms with Gasteiger partial charge in [-0.05, 0) is 31.2 Å². The highest BCUT2D eigenvalue weighted by Gasteiger charge is 2.14. The summed E-state index contributed by atoms with van der Waals surface area (Å²) in [5.74, 6) is 0.790. The van der Waals surface area contributed by atoms with Gasteiger partial charge < -0.3 is 19.9 Å². The molecule has 110 valence electrons. The smallest absolute Gasteiger partial charge is 0.256 e. The highest BCUT2D eigenvalue weighted by atomic mass is 16.5. The van der Waals surface area contributed by atoms with Crippen LogP contribution < -0.4 is 14.8 Å². The van der Waals surface area contributed by atoms with Crippen LogP contribution >= 0.6 is 0 Å². The average Bonchev–Trinajstić information content (AvgIpc) is 2.49. The SMILES string of the molecule is COc1cc(C(=O)Nc2ccccc2O)cc(OC)c1C. The molecular formula is C16H17NO4. The van der Waals surface area contributed by atoms with Crippen LogP contribution in [-0.2, 0) is 0 Å². The number of hydrogen-bond donors (Lipinski definition) is 2. The lowest BCUT2D eigenvalue weighted by atomic mass is 10.1. The fourth-order valence-corrected chi connectivity index (χ4v) is 1.99. The summed E-state index contributed by atoms with van der Waals surface area (Å²) in [7, 11) is 3.07. The van der Waals surface area contributed by atoms with Crippen molar-refractivity contribution in [2.45, 2.75) is 6.92 Å². The fraction of sp³-hybridized carbons (Fsp3) is 0.188. The normalized spacial score (nSPS) is 10.0. The largest absolute Gasteiger partial charge is 0.506 e. The van der Waals surface area contributed by atoms with E-state index in [2.05, 4.69) is 5.32 Å². The van der Waals surface area contributed by atoms with E-state index in [0.717, 1.165) is 5.56 Å². The van der Waals surface area contributed by atoms with E-state index in [1.807, 2.05) is 6.92 Å². The molecule has 1 amide bonds. The Morgan fingerprint density at radius 1 is 1.10 bits per heavy atom. The van der Waals surface area contributed by atoms with Crippen LogP contribution in [0.15, 0.2) is 36.4 Å². The van der Waals surface area contributed by atoms with Crippen molar-refractivity contribution in [2.75, 3.05) is 19.5 Å². The Bertz CT molecular complexity index is 642. The lowest BCUT2D eigenvalue weighted by Crippen LogP contribution is -2.12. The summed E-state index contributed by atoms with van der Waals surface area (Å²) in [6, 6.07) is 9.80. The number of para-hydroxylation sites is 2. The molecule has 0 aliphatic carbocycles. The van der Waals surface area contributed by atoms with Gasteiger partial charge in [0.15, 0.2) is 0 Å². The molecule has 5 nitrogen and oxygen atoms in total. The van der Waals surface area contributed by atoms with Gasteiger partial charge in [-0.25, -0.2) is 0 Å². The maximum absolute atomic E-state index is 12.3. The van der Waals surface area contributed by atoms with Crippen molar-refractivity contribution < 1.29 is 19.4 Å². The van der Waals surface area contributed by atoms with Gasteiger partial charge in [0.1, 0.15) is 17.2 Å². The second-order valence-electron chi connectivity index (χ2n) is 4.48. The van der Waals surface area contributed by atoms with Gasteiger partial charge in [0.2, 0.25) is 0 Å². The Balaban J connectivity index is 2.33. The molecule has 0 saturated heterocycles. The molecule has 2 rings (SSSR count). The first-order valence-corrected chi connectivity index (χ1v) is 6.38. The van der Waals surface area contributed by atoms with Crippen molar-refractivity contribution in [1.29, 1.82) is 0 Å². The van der Waals surface area contributed by atoms with Crippen LogP contribution in [0.2, 0.25) is 0 Å². The minimum absolute atomic E-state index is 0.0110. The van der Waals surface area contributed by atoms with Crippen LogP contribution in [0.5, 0.6) is 17.2 Å². The maximum atomic E-state index is 12.3. The lowest BCUT2D eigenvalue weighted by molar-refractivity contribution is 0.102. The number of benzene rings is 2. The van der Waals surface area contributed by atoms with Gasteiger partial charge in [0.05, 0.1) is 19.9 Å². The summed E-state index contributed by atoms with van der Waals surface area (Å²) < 4.78 is 10.5. The van der Waals surface area contributed by atoms with Crippen LogP contribution in [0.3, 0.4) is 0 Å². The monoisotopic (exact) mass is 287 g/mol. The number of ether oxygens (including phenoxy) is 2. The molecule has 0 aromatic heterocycles. The number of amides is 1. The summed E-state index contributed by atoms with van der Waals surface area (Å²) in [6.07, 6.45) is 0. The zero-order chi connectivity index (χ0) is 15.4. The van der Waals surface area contributed by atoms with E-state index in [1.165, 1.54) is 20.3 Å². The van der Waals surface area contributed by atoms with E-state index in [1.54, 1.807) is 30.3 Å². The molecule has 0 heterocycles. The molecule has 0 atom stereocenters. The third-order valence-electron chi connectivity index (χ3n) is 3.17. The predicted molar refractivity (Wildman–Crippen MR) is 80.3 cm³/mol. The van der Waals surface area contributed by atoms with Crippen LogP contribution in [-0.4, -0.2) is 25.2 Å². The summed E-state index contributed by atoms with van der Waals surface area (Å²) in [6.45, 7) is 1.85. The summed E-state index contributed by atoms with van der Waals surface area (Å²) in [5, 5.41) is 12.3. The molecule has 0 bridgehead atoms. The maximum Gasteiger partial charge on any atom is 0.256 e. The number of hydrogen-bond acceptors (Lipinski definition) is 4. The first kappa shape index (κ1) is 14.7. The Hall–Kier alpha value is -2.69. The van der Waals surface area contributed by atoms with Crippen LogP contribution in [0, 0.1) is 6.92 Å². The van der Waals surface area contributed by atoms with Crippen molar-refractivity contribution in [1.82, 2.24) is 0 Å². The van der Waals surface area contributed by atoms with Gasteiger partial charge >= 0.3 is 0 Å². The second-order valence-corrected chi connectivity index (χ2v) is 4.48. The zero-order valence-corrected chi connectivity index (χ0v) is 12.1. The average molecular weight is 287 g/mol. The van der Waals surface area contributed by atoms with E-state index in [0.29, 0.717) is 22.7 Å². The number of carbonyl (C=O) groups excluding carboxylic acids is 1. The molecule has 0 unspecified atom stereocenters. The van der Waals surface area contributed by atoms with Crippen molar-refractivity contribution >= 4 is 11.6 Å². The van der Waals surface area contributed by atoms with Crippen molar-refractivity contribution in [3.63, 3.8) is 0 Å². The number of aromatic hydroxyl groups is 1. The second kappa shape index (κ2) is 6.17. The molecule has 0 spiro atoms. The predicted octanol–water partition coefficient (Wildman–Crippen LogP) is 2.97. The molecule has 2 aromatic rings. The number of phenols is 1. The zero-order valence-electron chi connectivity index (χ0n) is 12.1. The highest BCUT2D eigenvalue weighted by Crippen LogP contribution is 2.30. The highest BCUT2D eigenvalue weighted by molar-refractivity contribution is 6.05. The first-order chi connectivity index (χ1) is 10.1. The van der Waals surface area contributed by atoms with E-state index >= 15 is 0 Å². The van der Waals surface area contributed by atoms with Crippen molar-refractivity contribution in [3.8, 4) is 17.2 Å². The van der Waals surface area contributed by atoms with Gasteiger partial charge in [0.25, 0.3) is 5.91 Å². The number of carbonyl (C=O) groups is 1. The summed E-state index contributed by atoms with van der Waals surface area (Å²) >= 11 is 0. The number of rotatable bonds is 4. The standard InChI is InChI=1S/C16H17NO4/c1-10-14(20-2)8-11(9-15(10)21-3)16(19)17-12-6-4-5-7-13(12)18/h4-9,18H,1-3H3,(H,17,19). The van der Waals surface area contributed by atoms with E-state index in [4.69, 9.17) is 9.47 Å². The Morgan fingerprint density at radius 2 is 1.67 bits per heavy atom. The van der Waals surface area contributed by atoms with Gasteiger partial charge in [-0.3, -0.25) is 4.79 Å². The fourth-order valence-electron chi connectivity index (χ4n) is 1.99. The van der Waals surface area contributed by atoms with E-state index in [9.17, 15) is 9.90 Å². The molecule has 0 saturated carbocycles. The molecular weight excluding hydrogens is 270 g/mol. The van der Waals surface area contributed by atoms with Crippen molar-refractivity contribution in [3.05, 3.63) is 47.5 Å². The molecule has 0 fully saturated rings. The quantitative estimate of drug-likeness (QED) is 0.848. The molecule has 0 radical (unpaired) electrons. The van der Waals surface area contributed by atoms with Gasteiger partial charge in [0, 0.05) is 11.1 Å². The van der Waals surface area contributed by atoms with Crippen LogP contribution in [0.25, 0.3) is 0 Å². The van der Waals surface area contributed by atoms with Gasteiger partial charge in [-0.1, -0.05) is 12.1 Å². The third-order valence-corrected chi connectivity index (χ3v) is 3.17. The van der Waals surface area contributed by atoms with Crippen molar-refractivity contribution in [2.24, 2.45) is 0 Å². The third kappa shape index (κ3) is 3.08. The van der Waals surface area contributed by atoms with Gasteiger partial charge in [-0.15, -0.1) is 0 Å². The number of anilines is 1. The molecule has 2 N–H and O–H groups in total. The van der Waals surface area contributed by atoms with Crippen LogP contribution in [0.1, 0.15) is 15.9 Å². The minimum Gasteiger partial charge on any atom is -0.506 e. The Morgan fingerprint density at radius 3 is 2.19 bits per heavy atom. The first-order valence-electron chi connectivity index (χ1n) is 6.38. The topological polar surface area (TPSA) is 67.8 Å². The van der Waals surface area contributed by atoms with Gasteiger partial charge in [-0.2, -0.15) is 0 Å². The minimum atomic E-state index is -0.354. The van der Waals surface area contributed by atoms with Crippen LogP contribution in [0.4, 0.5) is 5.69 Å². The number of nitrogens with one attached hydrogen (secondary N) is 1. The Labute approximate surface area is 123 Å². The molecule has 0 aliphatic heterocycles. The molecule has 21 heavy (non-hydrogen) atoms. The molecule has 0 aliphatic rings. The summed E-state index contributed by atoms with van der Waals surface area (Å²) in [4.78, 5) is 12.3. The molecule has 5 heteroatoms. The lowest BCUT2D eigenvalue weighted by Gasteiger charge is -2.13. The summed E-state index contributed by atoms with van der Waals surface area (Å²) in [5.41, 5.74) is 1.55. The van der Waals surface area contributed by atoms with E-state index in [-0.39, 0.29) is 11.7 Å².